The van der Waals surface area contributed by atoms with E-state index in [0.717, 1.165) is 0 Å². The predicted molar refractivity (Wildman–Crippen MR) is 127 cm³/mol. The van der Waals surface area contributed by atoms with E-state index in [1.54, 1.807) is 54.6 Å². The van der Waals surface area contributed by atoms with Gasteiger partial charge in [-0.05, 0) is 48.5 Å². The number of hydrogen-bond donors (Lipinski definition) is 1. The van der Waals surface area contributed by atoms with Crippen LogP contribution in [0.4, 0.5) is 21.5 Å². The summed E-state index contributed by atoms with van der Waals surface area (Å²) in [5.74, 6) is -1.58. The lowest BCUT2D eigenvalue weighted by Crippen LogP contribution is -2.50. The minimum Gasteiger partial charge on any atom is -0.325 e. The normalized spacial score (nSPS) is 19.3. The SMILES string of the molecule is O=C(CN1C(=O)[C@@]2(SCC(=O)N2c2cccc(F)c2)c2ccccc21)Nc1ccc(Cl)cc1. The zero-order valence-electron chi connectivity index (χ0n) is 17.1. The Balaban J connectivity index is 1.51. The van der Waals surface area contributed by atoms with E-state index in [4.69, 9.17) is 11.6 Å². The molecule has 0 unspecified atom stereocenters. The van der Waals surface area contributed by atoms with Crippen molar-refractivity contribution < 1.29 is 18.8 Å². The molecule has 33 heavy (non-hydrogen) atoms. The lowest BCUT2D eigenvalue weighted by Gasteiger charge is -2.33. The second-order valence-corrected chi connectivity index (χ2v) is 9.21. The fraction of sp³-hybridized carbons (Fsp3) is 0.125. The Hall–Kier alpha value is -3.36. The van der Waals surface area contributed by atoms with Crippen LogP contribution in [0.1, 0.15) is 5.56 Å². The Labute approximate surface area is 198 Å². The molecule has 3 aromatic rings. The van der Waals surface area contributed by atoms with Gasteiger partial charge < -0.3 is 5.32 Å². The average molecular weight is 482 g/mol. The van der Waals surface area contributed by atoms with Gasteiger partial charge in [-0.2, -0.15) is 0 Å². The third-order valence-corrected chi connectivity index (χ3v) is 7.20. The molecular formula is C24H17ClFN3O3S. The Bertz CT molecular complexity index is 1290. The molecule has 166 valence electrons. The number of fused-ring (bicyclic) bond motifs is 2. The molecule has 9 heteroatoms. The first-order valence-electron chi connectivity index (χ1n) is 10.1. The van der Waals surface area contributed by atoms with Crippen LogP contribution in [0.25, 0.3) is 0 Å². The number of benzene rings is 3. The Morgan fingerprint density at radius 2 is 1.82 bits per heavy atom. The van der Waals surface area contributed by atoms with Crippen LogP contribution in [0.5, 0.6) is 0 Å². The van der Waals surface area contributed by atoms with E-state index < -0.39 is 22.5 Å². The number of hydrogen-bond acceptors (Lipinski definition) is 4. The summed E-state index contributed by atoms with van der Waals surface area (Å²) in [6.45, 7) is -0.244. The standard InChI is InChI=1S/C24H17ClFN3O3S/c25-15-8-10-17(11-9-15)27-21(30)13-28-20-7-2-1-6-19(20)24(23(28)32)29(22(31)14-33-24)18-5-3-4-16(26)12-18/h1-12H,13-14H2,(H,27,30)/t24-/m0/s1. The molecule has 0 aromatic heterocycles. The number of anilines is 3. The van der Waals surface area contributed by atoms with Crippen molar-refractivity contribution in [3.05, 3.63) is 89.2 Å². The number of para-hydroxylation sites is 1. The number of nitrogens with one attached hydrogen (secondary N) is 1. The highest BCUT2D eigenvalue weighted by Gasteiger charge is 2.61. The molecular weight excluding hydrogens is 465 g/mol. The van der Waals surface area contributed by atoms with Crippen LogP contribution >= 0.6 is 23.4 Å². The molecule has 2 aliphatic rings. The van der Waals surface area contributed by atoms with Crippen LogP contribution in [-0.2, 0) is 19.3 Å². The molecule has 0 saturated carbocycles. The summed E-state index contributed by atoms with van der Waals surface area (Å²) in [4.78, 5) is 40.9. The maximum absolute atomic E-state index is 14.0. The summed E-state index contributed by atoms with van der Waals surface area (Å²) >= 11 is 7.07. The van der Waals surface area contributed by atoms with Crippen molar-refractivity contribution >= 4 is 58.1 Å². The van der Waals surface area contributed by atoms with E-state index in [1.165, 1.54) is 39.8 Å². The third-order valence-electron chi connectivity index (χ3n) is 5.56. The molecule has 1 N–H and O–H groups in total. The number of nitrogens with zero attached hydrogens (tertiary/aromatic N) is 2. The summed E-state index contributed by atoms with van der Waals surface area (Å²) in [5, 5.41) is 3.30. The van der Waals surface area contributed by atoms with Crippen molar-refractivity contribution in [1.29, 1.82) is 0 Å². The predicted octanol–water partition coefficient (Wildman–Crippen LogP) is 4.40. The van der Waals surface area contributed by atoms with Crippen LogP contribution in [0.3, 0.4) is 0 Å². The molecule has 1 fully saturated rings. The maximum Gasteiger partial charge on any atom is 0.269 e. The molecule has 2 heterocycles. The first kappa shape index (κ1) is 21.5. The number of carbonyl (C=O) groups is 3. The van der Waals surface area contributed by atoms with Crippen LogP contribution in [0.2, 0.25) is 5.02 Å². The molecule has 2 aliphatic heterocycles. The summed E-state index contributed by atoms with van der Waals surface area (Å²) in [6.07, 6.45) is 0. The Kier molecular flexibility index (Phi) is 5.34. The van der Waals surface area contributed by atoms with Crippen LogP contribution < -0.4 is 15.1 Å². The van der Waals surface area contributed by atoms with Gasteiger partial charge in [0.1, 0.15) is 12.4 Å². The van der Waals surface area contributed by atoms with Gasteiger partial charge in [-0.3, -0.25) is 24.2 Å². The van der Waals surface area contributed by atoms with Crippen molar-refractivity contribution in [3.8, 4) is 0 Å². The van der Waals surface area contributed by atoms with Gasteiger partial charge in [-0.1, -0.05) is 35.9 Å². The fourth-order valence-corrected chi connectivity index (χ4v) is 5.69. The highest BCUT2D eigenvalue weighted by Crippen LogP contribution is 2.55. The zero-order valence-corrected chi connectivity index (χ0v) is 18.7. The first-order valence-corrected chi connectivity index (χ1v) is 11.5. The molecule has 3 amide bonds. The smallest absolute Gasteiger partial charge is 0.269 e. The van der Waals surface area contributed by atoms with E-state index in [-0.39, 0.29) is 18.2 Å². The lowest BCUT2D eigenvalue weighted by atomic mass is 10.0. The molecule has 0 aliphatic carbocycles. The van der Waals surface area contributed by atoms with E-state index >= 15 is 0 Å². The lowest BCUT2D eigenvalue weighted by molar-refractivity contribution is -0.124. The van der Waals surface area contributed by atoms with Crippen LogP contribution in [0, 0.1) is 5.82 Å². The van der Waals surface area contributed by atoms with Crippen molar-refractivity contribution in [3.63, 3.8) is 0 Å². The molecule has 5 rings (SSSR count). The Morgan fingerprint density at radius 1 is 1.06 bits per heavy atom. The minimum atomic E-state index is -1.40. The number of rotatable bonds is 4. The number of carbonyl (C=O) groups excluding carboxylic acids is 3. The van der Waals surface area contributed by atoms with Crippen LogP contribution in [0.15, 0.2) is 72.8 Å². The van der Waals surface area contributed by atoms with Gasteiger partial charge in [-0.15, -0.1) is 11.8 Å². The van der Waals surface area contributed by atoms with Gasteiger partial charge in [0.05, 0.1) is 11.4 Å². The molecule has 0 bridgehead atoms. The highest BCUT2D eigenvalue weighted by atomic mass is 35.5. The van der Waals surface area contributed by atoms with Gasteiger partial charge in [0.25, 0.3) is 5.91 Å². The summed E-state index contributed by atoms with van der Waals surface area (Å²) in [5.41, 5.74) is 1.97. The molecule has 3 aromatic carbocycles. The summed E-state index contributed by atoms with van der Waals surface area (Å²) < 4.78 is 14.0. The van der Waals surface area contributed by atoms with Gasteiger partial charge in [0, 0.05) is 22.0 Å². The molecule has 1 saturated heterocycles. The molecule has 1 spiro atoms. The van der Waals surface area contributed by atoms with Gasteiger partial charge in [-0.25, -0.2) is 4.39 Å². The van der Waals surface area contributed by atoms with Crippen molar-refractivity contribution in [1.82, 2.24) is 0 Å². The van der Waals surface area contributed by atoms with Crippen molar-refractivity contribution in [2.24, 2.45) is 0 Å². The topological polar surface area (TPSA) is 69.7 Å². The quantitative estimate of drug-likeness (QED) is 0.599. The number of halogens is 2. The average Bonchev–Trinajstić information content (AvgIpc) is 3.26. The van der Waals surface area contributed by atoms with Gasteiger partial charge in [0.15, 0.2) is 0 Å². The highest BCUT2D eigenvalue weighted by molar-refractivity contribution is 8.02. The van der Waals surface area contributed by atoms with Crippen LogP contribution in [-0.4, -0.2) is 30.0 Å². The van der Waals surface area contributed by atoms with Crippen molar-refractivity contribution in [2.75, 3.05) is 27.4 Å². The number of amides is 3. The molecule has 6 nitrogen and oxygen atoms in total. The van der Waals surface area contributed by atoms with Gasteiger partial charge >= 0.3 is 0 Å². The van der Waals surface area contributed by atoms with Crippen molar-refractivity contribution in [2.45, 2.75) is 4.87 Å². The maximum atomic E-state index is 14.0. The van der Waals surface area contributed by atoms with E-state index in [9.17, 15) is 18.8 Å². The van der Waals surface area contributed by atoms with E-state index in [1.807, 2.05) is 0 Å². The minimum absolute atomic E-state index is 0.0569. The molecule has 1 atom stereocenters. The molecule has 0 radical (unpaired) electrons. The zero-order chi connectivity index (χ0) is 23.2. The second kappa shape index (κ2) is 8.20. The number of thioether (sulfide) groups is 1. The third kappa shape index (κ3) is 3.55. The monoisotopic (exact) mass is 481 g/mol. The van der Waals surface area contributed by atoms with E-state index in [2.05, 4.69) is 5.32 Å². The summed E-state index contributed by atoms with van der Waals surface area (Å²) in [6, 6.07) is 19.3. The van der Waals surface area contributed by atoms with E-state index in [0.29, 0.717) is 27.6 Å². The Morgan fingerprint density at radius 3 is 2.58 bits per heavy atom. The largest absolute Gasteiger partial charge is 0.325 e. The fourth-order valence-electron chi connectivity index (χ4n) is 4.20. The second-order valence-electron chi connectivity index (χ2n) is 7.61. The first-order chi connectivity index (χ1) is 15.9. The summed E-state index contributed by atoms with van der Waals surface area (Å²) in [7, 11) is 0. The van der Waals surface area contributed by atoms with Gasteiger partial charge in [0.2, 0.25) is 16.7 Å².